The van der Waals surface area contributed by atoms with Crippen LogP contribution in [0, 0.1) is 3.57 Å². The first kappa shape index (κ1) is 29.4. The molecule has 0 aliphatic heterocycles. The van der Waals surface area contributed by atoms with Gasteiger partial charge in [0.05, 0.1) is 0 Å². The number of carbonyl (C=O) groups is 3. The number of carbonyl (C=O) groups excluding carboxylic acids is 2. The van der Waals surface area contributed by atoms with Gasteiger partial charge in [0.25, 0.3) is 0 Å². The Labute approximate surface area is 250 Å². The third-order valence-electron chi connectivity index (χ3n) is 6.11. The van der Waals surface area contributed by atoms with Crippen molar-refractivity contribution in [2.45, 2.75) is 45.5 Å². The molecule has 0 radical (unpaired) electrons. The Kier molecular flexibility index (Phi) is 9.05. The predicted molar refractivity (Wildman–Crippen MR) is 162 cm³/mol. The molecular formula is C30H29ClIN3O5. The summed E-state index contributed by atoms with van der Waals surface area (Å²) in [7, 11) is 0. The lowest BCUT2D eigenvalue weighted by Crippen LogP contribution is -2.47. The molecule has 40 heavy (non-hydrogen) atoms. The zero-order valence-electron chi connectivity index (χ0n) is 22.2. The minimum Gasteiger partial charge on any atom is -0.489 e. The number of aromatic nitrogens is 1. The van der Waals surface area contributed by atoms with Crippen molar-refractivity contribution in [1.29, 1.82) is 0 Å². The molecule has 1 unspecified atom stereocenters. The maximum absolute atomic E-state index is 13.7. The van der Waals surface area contributed by atoms with Crippen LogP contribution < -0.4 is 10.1 Å². The van der Waals surface area contributed by atoms with E-state index in [-0.39, 0.29) is 17.8 Å². The number of H-pyrrole nitrogens is 1. The van der Waals surface area contributed by atoms with E-state index >= 15 is 0 Å². The first-order valence-corrected chi connectivity index (χ1v) is 13.9. The molecule has 0 fully saturated rings. The molecule has 2 amide bonds. The summed E-state index contributed by atoms with van der Waals surface area (Å²) in [5, 5.41) is 13.8. The number of fused-ring (bicyclic) bond motifs is 1. The molecule has 0 bridgehead atoms. The van der Waals surface area contributed by atoms with Crippen molar-refractivity contribution >= 4 is 63.4 Å². The lowest BCUT2D eigenvalue weighted by molar-refractivity contribution is -0.134. The van der Waals surface area contributed by atoms with Gasteiger partial charge in [0, 0.05) is 37.1 Å². The highest BCUT2D eigenvalue weighted by molar-refractivity contribution is 14.1. The molecule has 10 heteroatoms. The molecule has 0 spiro atoms. The first-order chi connectivity index (χ1) is 18.9. The molecule has 4 rings (SSSR count). The van der Waals surface area contributed by atoms with Crippen molar-refractivity contribution in [3.63, 3.8) is 0 Å². The van der Waals surface area contributed by atoms with Gasteiger partial charge in [-0.25, -0.2) is 4.79 Å². The van der Waals surface area contributed by atoms with Crippen LogP contribution in [0.5, 0.6) is 5.75 Å². The highest BCUT2D eigenvalue weighted by Crippen LogP contribution is 2.34. The predicted octanol–water partition coefficient (Wildman–Crippen LogP) is 6.32. The van der Waals surface area contributed by atoms with Crippen molar-refractivity contribution in [3.8, 4) is 5.75 Å². The maximum Gasteiger partial charge on any atom is 0.352 e. The van der Waals surface area contributed by atoms with Gasteiger partial charge in [-0.1, -0.05) is 41.9 Å². The van der Waals surface area contributed by atoms with E-state index in [1.165, 1.54) is 4.90 Å². The average Bonchev–Trinajstić information content (AvgIpc) is 3.26. The molecule has 8 nitrogen and oxygen atoms in total. The van der Waals surface area contributed by atoms with Crippen LogP contribution in [0.3, 0.4) is 0 Å². The van der Waals surface area contributed by atoms with E-state index in [0.29, 0.717) is 34.7 Å². The third kappa shape index (κ3) is 7.14. The zero-order valence-corrected chi connectivity index (χ0v) is 25.1. The minimum absolute atomic E-state index is 0.0580. The van der Waals surface area contributed by atoms with Crippen molar-refractivity contribution in [2.24, 2.45) is 0 Å². The van der Waals surface area contributed by atoms with E-state index in [1.807, 2.05) is 57.2 Å². The van der Waals surface area contributed by atoms with Crippen LogP contribution in [-0.2, 0) is 22.7 Å². The fourth-order valence-corrected chi connectivity index (χ4v) is 4.90. The van der Waals surface area contributed by atoms with Crippen LogP contribution >= 0.6 is 34.2 Å². The number of ether oxygens (including phenoxy) is 1. The number of amides is 2. The summed E-state index contributed by atoms with van der Waals surface area (Å²) in [4.78, 5) is 42.6. The number of nitrogens with zero attached hydrogens (tertiary/aromatic N) is 1. The monoisotopic (exact) mass is 673 g/mol. The number of carboxylic acids is 1. The van der Waals surface area contributed by atoms with E-state index in [1.54, 1.807) is 30.3 Å². The quantitative estimate of drug-likeness (QED) is 0.135. The topological polar surface area (TPSA) is 112 Å². The summed E-state index contributed by atoms with van der Waals surface area (Å²) in [5.74, 6) is -1.10. The highest BCUT2D eigenvalue weighted by Gasteiger charge is 2.35. The Hall–Kier alpha value is -3.57. The fourth-order valence-electron chi connectivity index (χ4n) is 4.37. The Morgan fingerprint density at radius 3 is 2.33 bits per heavy atom. The Morgan fingerprint density at radius 2 is 1.73 bits per heavy atom. The molecule has 3 N–H and O–H groups in total. The van der Waals surface area contributed by atoms with Gasteiger partial charge in [0.15, 0.2) is 0 Å². The molecule has 0 saturated carbocycles. The molecular weight excluding hydrogens is 645 g/mol. The molecule has 208 valence electrons. The minimum atomic E-state index is -1.25. The normalized spacial score (nSPS) is 12.1. The van der Waals surface area contributed by atoms with Crippen molar-refractivity contribution < 1.29 is 24.2 Å². The second kappa shape index (κ2) is 12.3. The number of benzene rings is 3. The molecule has 3 aromatic carbocycles. The summed E-state index contributed by atoms with van der Waals surface area (Å²) < 4.78 is 7.03. The van der Waals surface area contributed by atoms with Gasteiger partial charge >= 0.3 is 5.97 Å². The molecule has 0 saturated heterocycles. The molecule has 1 aromatic heterocycles. The van der Waals surface area contributed by atoms with Gasteiger partial charge in [-0.05, 0) is 90.9 Å². The Balaban J connectivity index is 1.65. The van der Waals surface area contributed by atoms with E-state index in [0.717, 1.165) is 14.7 Å². The Morgan fingerprint density at radius 1 is 1.07 bits per heavy atom. The lowest BCUT2D eigenvalue weighted by Gasteiger charge is -2.31. The summed E-state index contributed by atoms with van der Waals surface area (Å²) in [6.07, 6.45) is 0.564. The van der Waals surface area contributed by atoms with Gasteiger partial charge in [-0.2, -0.15) is 0 Å². The number of carboxylic acid groups (broad SMARTS) is 1. The molecule has 1 heterocycles. The lowest BCUT2D eigenvalue weighted by atomic mass is 9.98. The van der Waals surface area contributed by atoms with Crippen LogP contribution in [0.4, 0.5) is 0 Å². The van der Waals surface area contributed by atoms with Crippen LogP contribution in [0.25, 0.3) is 10.9 Å². The van der Waals surface area contributed by atoms with E-state index in [2.05, 4.69) is 32.9 Å². The van der Waals surface area contributed by atoms with Gasteiger partial charge < -0.3 is 25.0 Å². The molecule has 0 aliphatic carbocycles. The number of aromatic carboxylic acids is 1. The van der Waals surface area contributed by atoms with E-state index in [9.17, 15) is 19.5 Å². The zero-order chi connectivity index (χ0) is 29.0. The van der Waals surface area contributed by atoms with Gasteiger partial charge in [-0.3, -0.25) is 9.59 Å². The summed E-state index contributed by atoms with van der Waals surface area (Å²) in [6, 6.07) is 18.9. The summed E-state index contributed by atoms with van der Waals surface area (Å²) in [5.41, 5.74) is 1.61. The number of rotatable bonds is 10. The van der Waals surface area contributed by atoms with Gasteiger partial charge in [0.2, 0.25) is 12.3 Å². The number of nitrogens with one attached hydrogen (secondary N) is 2. The number of hydrogen-bond donors (Lipinski definition) is 3. The smallest absolute Gasteiger partial charge is 0.352 e. The molecule has 1 atom stereocenters. The second-order valence-electron chi connectivity index (χ2n) is 10.4. The van der Waals surface area contributed by atoms with Crippen LogP contribution in [-0.4, -0.2) is 38.8 Å². The molecule has 4 aromatic rings. The van der Waals surface area contributed by atoms with E-state index < -0.39 is 23.5 Å². The van der Waals surface area contributed by atoms with Crippen molar-refractivity contribution in [2.75, 3.05) is 0 Å². The maximum atomic E-state index is 13.7. The van der Waals surface area contributed by atoms with Gasteiger partial charge in [0.1, 0.15) is 24.1 Å². The van der Waals surface area contributed by atoms with E-state index in [4.69, 9.17) is 16.3 Å². The number of hydrogen-bond acceptors (Lipinski definition) is 4. The third-order valence-corrected chi connectivity index (χ3v) is 7.06. The Bertz CT molecular complexity index is 1530. The number of aromatic amines is 1. The second-order valence-corrected chi connectivity index (χ2v) is 12.1. The van der Waals surface area contributed by atoms with Crippen molar-refractivity contribution in [3.05, 3.63) is 97.7 Å². The SMILES string of the molecule is CC(C)(C)NC(=O)C(c1c(C(=O)O)[nH]c2cc(Cl)ccc12)N(C=O)Cc1ccc(OCc2ccc(I)cc2)cc1. The highest BCUT2D eigenvalue weighted by atomic mass is 127. The van der Waals surface area contributed by atoms with Crippen LogP contribution in [0.1, 0.15) is 54.0 Å². The average molecular weight is 674 g/mol. The number of halogens is 2. The fraction of sp³-hybridized carbons (Fsp3) is 0.233. The summed E-state index contributed by atoms with van der Waals surface area (Å²) >= 11 is 8.39. The summed E-state index contributed by atoms with van der Waals surface area (Å²) in [6.45, 7) is 5.91. The first-order valence-electron chi connectivity index (χ1n) is 12.5. The van der Waals surface area contributed by atoms with Crippen molar-refractivity contribution in [1.82, 2.24) is 15.2 Å². The largest absolute Gasteiger partial charge is 0.489 e. The standard InChI is InChI=1S/C30H29ClIN3O5/c1-30(2,3)34-28(37)27(25-23-13-8-20(31)14-24(23)33-26(25)29(38)39)35(17-36)15-18-6-11-22(12-7-18)40-16-19-4-9-21(32)10-5-19/h4-14,17,27,33H,15-16H2,1-3H3,(H,34,37)(H,38,39). The van der Waals surface area contributed by atoms with Crippen LogP contribution in [0.15, 0.2) is 66.7 Å². The van der Waals surface area contributed by atoms with Gasteiger partial charge in [-0.15, -0.1) is 0 Å². The van der Waals surface area contributed by atoms with Crippen LogP contribution in [0.2, 0.25) is 5.02 Å². The molecule has 0 aliphatic rings.